The number of hydrogen-bond donors (Lipinski definition) is 0. The second-order valence-corrected chi connectivity index (χ2v) is 5.52. The van der Waals surface area contributed by atoms with Gasteiger partial charge in [-0.3, -0.25) is 4.79 Å². The monoisotopic (exact) mass is 321 g/mol. The first-order valence-electron chi connectivity index (χ1n) is 7.18. The quantitative estimate of drug-likeness (QED) is 0.847. The number of ether oxygens (including phenoxy) is 1. The minimum atomic E-state index is -0.0817. The molecule has 0 N–H and O–H groups in total. The van der Waals surface area contributed by atoms with Crippen LogP contribution in [0.1, 0.15) is 31.1 Å². The van der Waals surface area contributed by atoms with Crippen LogP contribution >= 0.6 is 11.6 Å². The molecule has 3 rings (SSSR count). The lowest BCUT2D eigenvalue weighted by Gasteiger charge is -2.22. The molecule has 1 aromatic carbocycles. The third-order valence-electron chi connectivity index (χ3n) is 3.65. The summed E-state index contributed by atoms with van der Waals surface area (Å²) in [5.74, 6) is 1.32. The van der Waals surface area contributed by atoms with E-state index in [4.69, 9.17) is 20.9 Å². The summed E-state index contributed by atoms with van der Waals surface area (Å²) in [5.41, 5.74) is 0. The van der Waals surface area contributed by atoms with Crippen LogP contribution in [0.3, 0.4) is 0 Å². The molecule has 0 saturated carbocycles. The summed E-state index contributed by atoms with van der Waals surface area (Å²) in [6.45, 7) is 1.05. The number of likely N-dealkylation sites (tertiary alicyclic amines) is 1. The Morgan fingerprint density at radius 2 is 2.23 bits per heavy atom. The number of halogens is 1. The van der Waals surface area contributed by atoms with Gasteiger partial charge in [-0.1, -0.05) is 16.8 Å². The van der Waals surface area contributed by atoms with Crippen LogP contribution in [-0.4, -0.2) is 34.1 Å². The minimum absolute atomic E-state index is 0.0428. The zero-order valence-corrected chi connectivity index (χ0v) is 12.7. The third-order valence-corrected chi connectivity index (χ3v) is 3.90. The van der Waals surface area contributed by atoms with Crippen molar-refractivity contribution in [3.05, 3.63) is 41.5 Å². The van der Waals surface area contributed by atoms with E-state index in [-0.39, 0.29) is 11.9 Å². The van der Waals surface area contributed by atoms with Crippen molar-refractivity contribution in [1.82, 2.24) is 15.0 Å². The Morgan fingerprint density at radius 1 is 1.41 bits per heavy atom. The maximum atomic E-state index is 12.3. The summed E-state index contributed by atoms with van der Waals surface area (Å²) in [7, 11) is 0. The number of benzene rings is 1. The SMILES string of the molecule is O=C(CCOc1ccc(Cl)cc1)N1CCCC1c1ncon1. The van der Waals surface area contributed by atoms with Crippen molar-refractivity contribution in [1.29, 1.82) is 0 Å². The van der Waals surface area contributed by atoms with E-state index in [9.17, 15) is 4.79 Å². The van der Waals surface area contributed by atoms with Crippen LogP contribution in [-0.2, 0) is 4.79 Å². The molecule has 1 saturated heterocycles. The van der Waals surface area contributed by atoms with Gasteiger partial charge >= 0.3 is 0 Å². The average molecular weight is 322 g/mol. The van der Waals surface area contributed by atoms with E-state index >= 15 is 0 Å². The van der Waals surface area contributed by atoms with E-state index in [2.05, 4.69) is 10.1 Å². The molecule has 1 atom stereocenters. The van der Waals surface area contributed by atoms with Crippen molar-refractivity contribution >= 4 is 17.5 Å². The lowest BCUT2D eigenvalue weighted by atomic mass is 10.2. The largest absolute Gasteiger partial charge is 0.493 e. The Balaban J connectivity index is 1.52. The van der Waals surface area contributed by atoms with Crippen molar-refractivity contribution < 1.29 is 14.1 Å². The molecule has 2 aromatic rings. The Morgan fingerprint density at radius 3 is 2.95 bits per heavy atom. The number of aromatic nitrogens is 2. The Bertz CT molecular complexity index is 615. The Hall–Kier alpha value is -2.08. The Kier molecular flexibility index (Phi) is 4.58. The smallest absolute Gasteiger partial charge is 0.226 e. The summed E-state index contributed by atoms with van der Waals surface area (Å²) in [6, 6.07) is 6.99. The molecule has 1 aromatic heterocycles. The molecule has 1 fully saturated rings. The molecule has 6 nitrogen and oxygen atoms in total. The van der Waals surface area contributed by atoms with E-state index < -0.39 is 0 Å². The van der Waals surface area contributed by atoms with Gasteiger partial charge in [0.1, 0.15) is 5.75 Å². The van der Waals surface area contributed by atoms with Crippen molar-refractivity contribution in [3.8, 4) is 5.75 Å². The second kappa shape index (κ2) is 6.79. The van der Waals surface area contributed by atoms with Gasteiger partial charge in [-0.2, -0.15) is 4.98 Å². The fourth-order valence-corrected chi connectivity index (χ4v) is 2.72. The fraction of sp³-hybridized carbons (Fsp3) is 0.400. The molecule has 7 heteroatoms. The summed E-state index contributed by atoms with van der Waals surface area (Å²) in [6.07, 6.45) is 3.42. The molecule has 116 valence electrons. The number of carbonyl (C=O) groups excluding carboxylic acids is 1. The maximum absolute atomic E-state index is 12.3. The van der Waals surface area contributed by atoms with Gasteiger partial charge in [-0.05, 0) is 37.1 Å². The first kappa shape index (κ1) is 14.8. The van der Waals surface area contributed by atoms with Gasteiger partial charge in [0.05, 0.1) is 19.1 Å². The van der Waals surface area contributed by atoms with Crippen LogP contribution in [0.2, 0.25) is 5.02 Å². The molecule has 1 amide bonds. The molecular formula is C15H16ClN3O3. The van der Waals surface area contributed by atoms with E-state index in [1.54, 1.807) is 29.2 Å². The minimum Gasteiger partial charge on any atom is -0.493 e. The Labute approximate surface area is 133 Å². The molecular weight excluding hydrogens is 306 g/mol. The topological polar surface area (TPSA) is 68.5 Å². The predicted octanol–water partition coefficient (Wildman–Crippen LogP) is 2.86. The van der Waals surface area contributed by atoms with Gasteiger partial charge in [-0.25, -0.2) is 0 Å². The number of amides is 1. The fourth-order valence-electron chi connectivity index (χ4n) is 2.59. The first-order valence-corrected chi connectivity index (χ1v) is 7.56. The lowest BCUT2D eigenvalue weighted by molar-refractivity contribution is -0.132. The highest BCUT2D eigenvalue weighted by Crippen LogP contribution is 2.30. The average Bonchev–Trinajstić information content (AvgIpc) is 3.19. The van der Waals surface area contributed by atoms with E-state index in [1.807, 2.05) is 0 Å². The van der Waals surface area contributed by atoms with Gasteiger partial charge in [0.2, 0.25) is 12.3 Å². The van der Waals surface area contributed by atoms with Gasteiger partial charge in [0.15, 0.2) is 5.82 Å². The van der Waals surface area contributed by atoms with Gasteiger partial charge in [0.25, 0.3) is 0 Å². The van der Waals surface area contributed by atoms with Crippen LogP contribution < -0.4 is 4.74 Å². The molecule has 1 unspecified atom stereocenters. The molecule has 2 heterocycles. The molecule has 0 bridgehead atoms. The van der Waals surface area contributed by atoms with Gasteiger partial charge < -0.3 is 14.2 Å². The summed E-state index contributed by atoms with van der Waals surface area (Å²) >= 11 is 5.81. The highest BCUT2D eigenvalue weighted by atomic mass is 35.5. The molecule has 0 aliphatic carbocycles. The van der Waals surface area contributed by atoms with Gasteiger partial charge in [0, 0.05) is 11.6 Å². The van der Waals surface area contributed by atoms with Crippen LogP contribution in [0.25, 0.3) is 0 Å². The molecule has 0 radical (unpaired) electrons. The highest BCUT2D eigenvalue weighted by Gasteiger charge is 2.32. The van der Waals surface area contributed by atoms with Gasteiger partial charge in [-0.15, -0.1) is 0 Å². The van der Waals surface area contributed by atoms with Crippen LogP contribution in [0.4, 0.5) is 0 Å². The standard InChI is InChI=1S/C15H16ClN3O3/c16-11-3-5-12(6-4-11)21-9-7-14(20)19-8-1-2-13(19)15-17-10-22-18-15/h3-6,10,13H,1-2,7-9H2. The zero-order chi connectivity index (χ0) is 15.4. The maximum Gasteiger partial charge on any atom is 0.226 e. The van der Waals surface area contributed by atoms with Crippen LogP contribution in [0, 0.1) is 0 Å². The molecule has 1 aliphatic rings. The second-order valence-electron chi connectivity index (χ2n) is 5.09. The highest BCUT2D eigenvalue weighted by molar-refractivity contribution is 6.30. The zero-order valence-electron chi connectivity index (χ0n) is 11.9. The van der Waals surface area contributed by atoms with E-state index in [1.165, 1.54) is 6.39 Å². The lowest BCUT2D eigenvalue weighted by Crippen LogP contribution is -2.32. The number of hydrogen-bond acceptors (Lipinski definition) is 5. The third kappa shape index (κ3) is 3.39. The summed E-state index contributed by atoms with van der Waals surface area (Å²) < 4.78 is 10.3. The normalized spacial score (nSPS) is 17.7. The van der Waals surface area contributed by atoms with E-state index in [0.29, 0.717) is 29.6 Å². The van der Waals surface area contributed by atoms with Crippen LogP contribution in [0.5, 0.6) is 5.75 Å². The number of carbonyl (C=O) groups is 1. The molecule has 1 aliphatic heterocycles. The summed E-state index contributed by atoms with van der Waals surface area (Å²) in [5, 5.41) is 4.50. The molecule has 22 heavy (non-hydrogen) atoms. The van der Waals surface area contributed by atoms with Crippen molar-refractivity contribution in [2.24, 2.45) is 0 Å². The summed E-state index contributed by atoms with van der Waals surface area (Å²) in [4.78, 5) is 18.2. The first-order chi connectivity index (χ1) is 10.7. The predicted molar refractivity (Wildman–Crippen MR) is 79.6 cm³/mol. The molecule has 0 spiro atoms. The van der Waals surface area contributed by atoms with E-state index in [0.717, 1.165) is 19.4 Å². The van der Waals surface area contributed by atoms with Crippen LogP contribution in [0.15, 0.2) is 35.2 Å². The van der Waals surface area contributed by atoms with Crippen molar-refractivity contribution in [2.45, 2.75) is 25.3 Å². The van der Waals surface area contributed by atoms with Crippen molar-refractivity contribution in [3.63, 3.8) is 0 Å². The van der Waals surface area contributed by atoms with Crippen molar-refractivity contribution in [2.75, 3.05) is 13.2 Å². The number of nitrogens with zero attached hydrogens (tertiary/aromatic N) is 3. The number of rotatable bonds is 5.